The van der Waals surface area contributed by atoms with Gasteiger partial charge in [-0.15, -0.1) is 0 Å². The number of ether oxygens (including phenoxy) is 1. The first kappa shape index (κ1) is 9.97. The van der Waals surface area contributed by atoms with Crippen LogP contribution in [-0.4, -0.2) is 25.7 Å². The van der Waals surface area contributed by atoms with Crippen molar-refractivity contribution in [2.45, 2.75) is 38.1 Å². The molecule has 0 spiro atoms. The third-order valence-electron chi connectivity index (χ3n) is 3.70. The van der Waals surface area contributed by atoms with E-state index in [1.165, 1.54) is 32.8 Å². The first-order chi connectivity index (χ1) is 6.83. The summed E-state index contributed by atoms with van der Waals surface area (Å²) >= 11 is 0. The van der Waals surface area contributed by atoms with Crippen molar-refractivity contribution in [2.24, 2.45) is 11.8 Å². The molecule has 3 unspecified atom stereocenters. The van der Waals surface area contributed by atoms with Gasteiger partial charge in [0.2, 0.25) is 0 Å². The maximum absolute atomic E-state index is 11.6. The highest BCUT2D eigenvalue weighted by molar-refractivity contribution is 5.73. The molecule has 0 radical (unpaired) electrons. The summed E-state index contributed by atoms with van der Waals surface area (Å²) in [7, 11) is 1.50. The number of piperidine rings is 1. The average Bonchev–Trinajstić information content (AvgIpc) is 2.27. The van der Waals surface area contributed by atoms with Gasteiger partial charge in [0.1, 0.15) is 0 Å². The number of carbonyl (C=O) groups excluding carboxylic acids is 1. The number of esters is 1. The van der Waals surface area contributed by atoms with Crippen molar-refractivity contribution in [2.75, 3.05) is 13.7 Å². The molecule has 0 bridgehead atoms. The van der Waals surface area contributed by atoms with E-state index in [0.717, 1.165) is 13.0 Å². The van der Waals surface area contributed by atoms with E-state index < -0.39 is 0 Å². The molecule has 1 saturated heterocycles. The van der Waals surface area contributed by atoms with E-state index in [2.05, 4.69) is 5.32 Å². The highest BCUT2D eigenvalue weighted by atomic mass is 16.5. The molecule has 1 heterocycles. The van der Waals surface area contributed by atoms with Crippen LogP contribution in [0, 0.1) is 11.8 Å². The second kappa shape index (κ2) is 4.30. The minimum Gasteiger partial charge on any atom is -0.469 e. The lowest BCUT2D eigenvalue weighted by Crippen LogP contribution is -2.49. The summed E-state index contributed by atoms with van der Waals surface area (Å²) in [5.41, 5.74) is 0. The minimum atomic E-state index is 0.00315. The van der Waals surface area contributed by atoms with Crippen LogP contribution in [0.25, 0.3) is 0 Å². The predicted molar refractivity (Wildman–Crippen MR) is 53.9 cm³/mol. The summed E-state index contributed by atoms with van der Waals surface area (Å²) in [4.78, 5) is 11.6. The van der Waals surface area contributed by atoms with Gasteiger partial charge in [0.15, 0.2) is 0 Å². The minimum absolute atomic E-state index is 0.00315. The van der Waals surface area contributed by atoms with Gasteiger partial charge in [-0.3, -0.25) is 4.79 Å². The van der Waals surface area contributed by atoms with Gasteiger partial charge < -0.3 is 10.1 Å². The van der Waals surface area contributed by atoms with Gasteiger partial charge in [0.25, 0.3) is 0 Å². The van der Waals surface area contributed by atoms with E-state index in [9.17, 15) is 4.79 Å². The number of hydrogen-bond donors (Lipinski definition) is 1. The molecule has 0 aromatic rings. The molecule has 0 amide bonds. The standard InChI is InChI=1S/C11H19NO2/c1-14-11(13)9-6-7-12-10-5-3-2-4-8(9)10/h8-10,12H,2-7H2,1H3. The summed E-state index contributed by atoms with van der Waals surface area (Å²) in [6.07, 6.45) is 5.96. The van der Waals surface area contributed by atoms with Crippen LogP contribution in [0.2, 0.25) is 0 Å². The third-order valence-corrected chi connectivity index (χ3v) is 3.70. The van der Waals surface area contributed by atoms with Gasteiger partial charge in [-0.25, -0.2) is 0 Å². The van der Waals surface area contributed by atoms with E-state index in [0.29, 0.717) is 12.0 Å². The van der Waals surface area contributed by atoms with Gasteiger partial charge in [-0.2, -0.15) is 0 Å². The molecule has 2 fully saturated rings. The molecule has 0 aromatic carbocycles. The molecule has 0 aromatic heterocycles. The molecule has 2 aliphatic rings. The molecule has 1 aliphatic heterocycles. The monoisotopic (exact) mass is 197 g/mol. The Bertz CT molecular complexity index is 215. The topological polar surface area (TPSA) is 38.3 Å². The second-order valence-corrected chi connectivity index (χ2v) is 4.43. The van der Waals surface area contributed by atoms with Gasteiger partial charge in [0.05, 0.1) is 13.0 Å². The lowest BCUT2D eigenvalue weighted by molar-refractivity contribution is -0.149. The second-order valence-electron chi connectivity index (χ2n) is 4.43. The fourth-order valence-electron chi connectivity index (χ4n) is 2.98. The molecule has 1 aliphatic carbocycles. The van der Waals surface area contributed by atoms with Gasteiger partial charge in [0, 0.05) is 6.04 Å². The Morgan fingerprint density at radius 1 is 1.29 bits per heavy atom. The average molecular weight is 197 g/mol. The predicted octanol–water partition coefficient (Wildman–Crippen LogP) is 1.33. The van der Waals surface area contributed by atoms with Crippen LogP contribution in [0.15, 0.2) is 0 Å². The molecule has 2 rings (SSSR count). The zero-order valence-electron chi connectivity index (χ0n) is 8.79. The van der Waals surface area contributed by atoms with E-state index >= 15 is 0 Å². The summed E-state index contributed by atoms with van der Waals surface area (Å²) in [6, 6.07) is 0.571. The van der Waals surface area contributed by atoms with Crippen molar-refractivity contribution in [1.82, 2.24) is 5.32 Å². The SMILES string of the molecule is COC(=O)C1CCNC2CCCCC21. The first-order valence-corrected chi connectivity index (χ1v) is 5.64. The third kappa shape index (κ3) is 1.78. The number of carbonyl (C=O) groups is 1. The lowest BCUT2D eigenvalue weighted by atomic mass is 9.73. The number of fused-ring (bicyclic) bond motifs is 1. The Morgan fingerprint density at radius 2 is 2.07 bits per heavy atom. The molecule has 3 nitrogen and oxygen atoms in total. The van der Waals surface area contributed by atoms with Crippen LogP contribution in [-0.2, 0) is 9.53 Å². The van der Waals surface area contributed by atoms with Crippen LogP contribution in [0.4, 0.5) is 0 Å². The van der Waals surface area contributed by atoms with Crippen molar-refractivity contribution >= 4 is 5.97 Å². The quantitative estimate of drug-likeness (QED) is 0.644. The zero-order valence-corrected chi connectivity index (χ0v) is 8.79. The first-order valence-electron chi connectivity index (χ1n) is 5.64. The summed E-state index contributed by atoms with van der Waals surface area (Å²) < 4.78 is 4.87. The molecular weight excluding hydrogens is 178 g/mol. The Balaban J connectivity index is 2.04. The van der Waals surface area contributed by atoms with Crippen LogP contribution in [0.1, 0.15) is 32.1 Å². The number of methoxy groups -OCH3 is 1. The number of rotatable bonds is 1. The van der Waals surface area contributed by atoms with Crippen molar-refractivity contribution in [1.29, 1.82) is 0 Å². The maximum Gasteiger partial charge on any atom is 0.309 e. The van der Waals surface area contributed by atoms with Gasteiger partial charge in [-0.05, 0) is 31.7 Å². The van der Waals surface area contributed by atoms with Crippen LogP contribution in [0.3, 0.4) is 0 Å². The van der Waals surface area contributed by atoms with Crippen molar-refractivity contribution in [3.05, 3.63) is 0 Å². The van der Waals surface area contributed by atoms with E-state index in [4.69, 9.17) is 4.74 Å². The number of hydrogen-bond acceptors (Lipinski definition) is 3. The van der Waals surface area contributed by atoms with Crippen molar-refractivity contribution < 1.29 is 9.53 Å². The van der Waals surface area contributed by atoms with Gasteiger partial charge >= 0.3 is 5.97 Å². The molecular formula is C11H19NO2. The van der Waals surface area contributed by atoms with E-state index in [1.54, 1.807) is 0 Å². The molecule has 3 heteroatoms. The normalized spacial score (nSPS) is 37.4. The smallest absolute Gasteiger partial charge is 0.309 e. The van der Waals surface area contributed by atoms with Crippen molar-refractivity contribution in [3.8, 4) is 0 Å². The summed E-state index contributed by atoms with van der Waals surface area (Å²) in [5, 5.41) is 3.52. The van der Waals surface area contributed by atoms with E-state index in [1.807, 2.05) is 0 Å². The fourth-order valence-corrected chi connectivity index (χ4v) is 2.98. The largest absolute Gasteiger partial charge is 0.469 e. The summed E-state index contributed by atoms with van der Waals surface area (Å²) in [5.74, 6) is 0.694. The maximum atomic E-state index is 11.6. The molecule has 14 heavy (non-hydrogen) atoms. The Morgan fingerprint density at radius 3 is 2.86 bits per heavy atom. The van der Waals surface area contributed by atoms with Crippen molar-refractivity contribution in [3.63, 3.8) is 0 Å². The Kier molecular flexibility index (Phi) is 3.06. The highest BCUT2D eigenvalue weighted by Crippen LogP contribution is 2.35. The molecule has 1 N–H and O–H groups in total. The van der Waals surface area contributed by atoms with E-state index in [-0.39, 0.29) is 11.9 Å². The number of nitrogens with one attached hydrogen (secondary N) is 1. The van der Waals surface area contributed by atoms with Crippen LogP contribution in [0.5, 0.6) is 0 Å². The van der Waals surface area contributed by atoms with Crippen LogP contribution < -0.4 is 5.32 Å². The highest BCUT2D eigenvalue weighted by Gasteiger charge is 2.38. The fraction of sp³-hybridized carbons (Fsp3) is 0.909. The molecule has 3 atom stereocenters. The Labute approximate surface area is 85.2 Å². The summed E-state index contributed by atoms with van der Waals surface area (Å²) in [6.45, 7) is 0.973. The molecule has 80 valence electrons. The molecule has 1 saturated carbocycles. The zero-order chi connectivity index (χ0) is 9.97. The Hall–Kier alpha value is -0.570. The van der Waals surface area contributed by atoms with Crippen LogP contribution >= 0.6 is 0 Å². The van der Waals surface area contributed by atoms with Gasteiger partial charge in [-0.1, -0.05) is 12.8 Å². The lowest BCUT2D eigenvalue weighted by Gasteiger charge is -2.40.